The number of carbonyl (C=O) groups is 1. The van der Waals surface area contributed by atoms with Crippen LogP contribution in [0.2, 0.25) is 0 Å². The molecule has 0 radical (unpaired) electrons. The first kappa shape index (κ1) is 37.3. The standard InChI is InChI=1S/C18H34O2.C13H24N4O3S/c1-2-3-4-5-6-7-8-9-10-11-12-13-14-15-16-17-18(19)20;1-13(2,3)14-8-10(18)9-20-12-11(15-21-16-12)17-4-6-19-7-5-17/h9-10H,2-8,11-17H2,1H3,(H,19,20);10,14,18H,4-9H2,1-3H3/t;10-/m.0/s1. The van der Waals surface area contributed by atoms with Crippen molar-refractivity contribution in [3.8, 4) is 5.88 Å². The van der Waals surface area contributed by atoms with E-state index in [1.54, 1.807) is 0 Å². The highest BCUT2D eigenvalue weighted by Crippen LogP contribution is 2.26. The van der Waals surface area contributed by atoms with E-state index < -0.39 is 12.1 Å². The number of carboxylic acids is 1. The molecule has 0 bridgehead atoms. The fourth-order valence-corrected chi connectivity index (χ4v) is 4.76. The molecule has 1 fully saturated rings. The van der Waals surface area contributed by atoms with E-state index in [0.29, 0.717) is 32.1 Å². The van der Waals surface area contributed by atoms with Gasteiger partial charge in [-0.1, -0.05) is 70.4 Å². The van der Waals surface area contributed by atoms with E-state index in [1.807, 2.05) is 0 Å². The van der Waals surface area contributed by atoms with Crippen molar-refractivity contribution in [3.63, 3.8) is 0 Å². The van der Waals surface area contributed by atoms with E-state index in [2.05, 4.69) is 58.8 Å². The van der Waals surface area contributed by atoms with Crippen LogP contribution in [0.15, 0.2) is 12.2 Å². The summed E-state index contributed by atoms with van der Waals surface area (Å²) in [5.74, 6) is 0.582. The van der Waals surface area contributed by atoms with Crippen molar-refractivity contribution in [3.05, 3.63) is 12.2 Å². The summed E-state index contributed by atoms with van der Waals surface area (Å²) >= 11 is 1.12. The third-order valence-electron chi connectivity index (χ3n) is 6.69. The van der Waals surface area contributed by atoms with Crippen LogP contribution in [0, 0.1) is 0 Å². The van der Waals surface area contributed by atoms with Gasteiger partial charge in [0.05, 0.1) is 24.9 Å². The third-order valence-corrected chi connectivity index (χ3v) is 7.19. The molecule has 1 aliphatic heterocycles. The van der Waals surface area contributed by atoms with Gasteiger partial charge in [0, 0.05) is 31.6 Å². The van der Waals surface area contributed by atoms with Gasteiger partial charge in [0.25, 0.3) is 5.88 Å². The number of nitrogens with zero attached hydrogens (tertiary/aromatic N) is 3. The molecule has 1 aromatic heterocycles. The van der Waals surface area contributed by atoms with Gasteiger partial charge < -0.3 is 29.9 Å². The first-order valence-corrected chi connectivity index (χ1v) is 16.5. The minimum Gasteiger partial charge on any atom is -0.481 e. The van der Waals surface area contributed by atoms with Crippen molar-refractivity contribution in [1.82, 2.24) is 14.1 Å². The second-order valence-corrected chi connectivity index (χ2v) is 12.3. The lowest BCUT2D eigenvalue weighted by Gasteiger charge is -2.27. The number of ether oxygens (including phenoxy) is 2. The van der Waals surface area contributed by atoms with Crippen LogP contribution < -0.4 is 15.0 Å². The highest BCUT2D eigenvalue weighted by molar-refractivity contribution is 6.99. The topological polar surface area (TPSA) is 117 Å². The van der Waals surface area contributed by atoms with Crippen LogP contribution in [-0.4, -0.2) is 76.0 Å². The summed E-state index contributed by atoms with van der Waals surface area (Å²) in [5, 5.41) is 21.7. The Morgan fingerprint density at radius 1 is 1.00 bits per heavy atom. The van der Waals surface area contributed by atoms with Crippen LogP contribution in [0.5, 0.6) is 5.88 Å². The summed E-state index contributed by atoms with van der Waals surface area (Å²) in [6, 6.07) is 0. The Morgan fingerprint density at radius 2 is 1.59 bits per heavy atom. The van der Waals surface area contributed by atoms with Crippen LogP contribution in [0.25, 0.3) is 0 Å². The normalized spacial score (nSPS) is 14.6. The predicted octanol–water partition coefficient (Wildman–Crippen LogP) is 6.61. The van der Waals surface area contributed by atoms with Crippen molar-refractivity contribution in [2.45, 2.75) is 129 Å². The Bertz CT molecular complexity index is 794. The summed E-state index contributed by atoms with van der Waals surface area (Å²) in [5.41, 5.74) is -0.0257. The molecule has 1 saturated heterocycles. The fourth-order valence-electron chi connectivity index (χ4n) is 4.24. The van der Waals surface area contributed by atoms with E-state index in [9.17, 15) is 9.90 Å². The molecule has 0 saturated carbocycles. The van der Waals surface area contributed by atoms with E-state index >= 15 is 0 Å². The zero-order valence-corrected chi connectivity index (χ0v) is 27.1. The second-order valence-electron chi connectivity index (χ2n) is 11.8. The third kappa shape index (κ3) is 21.6. The first-order valence-electron chi connectivity index (χ1n) is 15.8. The number of hydrogen-bond donors (Lipinski definition) is 3. The van der Waals surface area contributed by atoms with E-state index in [0.717, 1.165) is 43.5 Å². The van der Waals surface area contributed by atoms with Gasteiger partial charge >= 0.3 is 5.97 Å². The van der Waals surface area contributed by atoms with Crippen LogP contribution in [-0.2, 0) is 9.53 Å². The van der Waals surface area contributed by atoms with E-state index in [4.69, 9.17) is 14.6 Å². The smallest absolute Gasteiger partial charge is 0.303 e. The summed E-state index contributed by atoms with van der Waals surface area (Å²) < 4.78 is 19.4. The van der Waals surface area contributed by atoms with Gasteiger partial charge in [0.2, 0.25) is 5.82 Å². The molecular formula is C31H58N4O5S. The molecule has 41 heavy (non-hydrogen) atoms. The van der Waals surface area contributed by atoms with E-state index in [1.165, 1.54) is 70.6 Å². The second kappa shape index (κ2) is 23.8. The summed E-state index contributed by atoms with van der Waals surface area (Å²) in [4.78, 5) is 12.4. The maximum absolute atomic E-state index is 10.3. The number of aromatic nitrogens is 2. The molecular weight excluding hydrogens is 540 g/mol. The lowest BCUT2D eigenvalue weighted by molar-refractivity contribution is -0.137. The minimum atomic E-state index is -0.664. The molecule has 0 amide bonds. The fraction of sp³-hybridized carbons (Fsp3) is 0.839. The van der Waals surface area contributed by atoms with Crippen LogP contribution >= 0.6 is 11.7 Å². The molecule has 1 atom stereocenters. The van der Waals surface area contributed by atoms with Crippen molar-refractivity contribution < 1.29 is 24.5 Å². The molecule has 1 aliphatic rings. The Balaban J connectivity index is 0.000000411. The first-order chi connectivity index (χ1) is 19.7. The number of aliphatic hydroxyl groups excluding tert-OH is 1. The molecule has 0 aromatic carbocycles. The number of morpholine rings is 1. The summed E-state index contributed by atoms with van der Waals surface area (Å²) in [7, 11) is 0. The van der Waals surface area contributed by atoms with Crippen LogP contribution in [0.1, 0.15) is 118 Å². The van der Waals surface area contributed by atoms with Crippen LogP contribution in [0.4, 0.5) is 5.82 Å². The minimum absolute atomic E-state index is 0.0257. The molecule has 3 N–H and O–H groups in total. The molecule has 9 nitrogen and oxygen atoms in total. The number of nitrogens with one attached hydrogen (secondary N) is 1. The quantitative estimate of drug-likeness (QED) is 0.106. The lowest BCUT2D eigenvalue weighted by atomic mass is 10.1. The Hall–Kier alpha value is -1.75. The number of β-amino-alcohol motifs (C(OH)–C–C–N with tert-alkyl or cyclic N) is 1. The van der Waals surface area contributed by atoms with Crippen molar-refractivity contribution in [2.24, 2.45) is 0 Å². The van der Waals surface area contributed by atoms with Gasteiger partial charge in [0.1, 0.15) is 12.7 Å². The number of aliphatic carboxylic acids is 1. The maximum atomic E-state index is 10.3. The molecule has 1 aromatic rings. The lowest BCUT2D eigenvalue weighted by Crippen LogP contribution is -2.42. The highest BCUT2D eigenvalue weighted by atomic mass is 32.1. The van der Waals surface area contributed by atoms with E-state index in [-0.39, 0.29) is 12.1 Å². The van der Waals surface area contributed by atoms with Crippen molar-refractivity contribution >= 4 is 23.5 Å². The SMILES string of the molecule is CC(C)(C)NC[C@H](O)COc1nsnc1N1CCOCC1.CCCCCCCCC=CCCCCCCCC(=O)O. The average Bonchev–Trinajstić information content (AvgIpc) is 3.42. The van der Waals surface area contributed by atoms with Gasteiger partial charge in [-0.15, -0.1) is 4.37 Å². The molecule has 0 unspecified atom stereocenters. The monoisotopic (exact) mass is 598 g/mol. The number of anilines is 1. The maximum Gasteiger partial charge on any atom is 0.303 e. The number of allylic oxidation sites excluding steroid dienone is 2. The largest absolute Gasteiger partial charge is 0.481 e. The van der Waals surface area contributed by atoms with Gasteiger partial charge in [-0.25, -0.2) is 0 Å². The van der Waals surface area contributed by atoms with Gasteiger partial charge in [-0.2, -0.15) is 4.37 Å². The number of unbranched alkanes of at least 4 members (excludes halogenated alkanes) is 11. The molecule has 2 rings (SSSR count). The molecule has 2 heterocycles. The number of carboxylic acid groups (broad SMARTS) is 1. The summed E-state index contributed by atoms with van der Waals surface area (Å²) in [6.07, 6.45) is 20.7. The Labute approximate surface area is 253 Å². The molecule has 0 aliphatic carbocycles. The van der Waals surface area contributed by atoms with Crippen molar-refractivity contribution in [2.75, 3.05) is 44.4 Å². The summed E-state index contributed by atoms with van der Waals surface area (Å²) in [6.45, 7) is 12.1. The Kier molecular flexibility index (Phi) is 21.6. The molecule has 10 heteroatoms. The zero-order valence-electron chi connectivity index (χ0n) is 26.2. The molecule has 238 valence electrons. The zero-order chi connectivity index (χ0) is 30.2. The molecule has 0 spiro atoms. The highest BCUT2D eigenvalue weighted by Gasteiger charge is 2.21. The van der Waals surface area contributed by atoms with Crippen molar-refractivity contribution in [1.29, 1.82) is 0 Å². The van der Waals surface area contributed by atoms with Crippen LogP contribution in [0.3, 0.4) is 0 Å². The van der Waals surface area contributed by atoms with Gasteiger partial charge in [-0.05, 0) is 52.9 Å². The number of rotatable bonds is 21. The van der Waals surface area contributed by atoms with Gasteiger partial charge in [-0.3, -0.25) is 4.79 Å². The average molecular weight is 599 g/mol. The number of hydrogen-bond acceptors (Lipinski definition) is 9. The predicted molar refractivity (Wildman–Crippen MR) is 169 cm³/mol. The number of aliphatic hydroxyl groups is 1. The Morgan fingerprint density at radius 3 is 2.17 bits per heavy atom. The van der Waals surface area contributed by atoms with Gasteiger partial charge in [0.15, 0.2) is 0 Å².